The molecule has 1 amide bonds. The second-order valence-electron chi connectivity index (χ2n) is 4.39. The topological polar surface area (TPSA) is 107 Å². The van der Waals surface area contributed by atoms with E-state index in [4.69, 9.17) is 4.74 Å². The van der Waals surface area contributed by atoms with Crippen molar-refractivity contribution in [3.05, 3.63) is 33.9 Å². The van der Waals surface area contributed by atoms with E-state index in [0.717, 1.165) is 11.0 Å². The van der Waals surface area contributed by atoms with Crippen molar-refractivity contribution < 1.29 is 24.0 Å². The first-order valence-corrected chi connectivity index (χ1v) is 6.21. The van der Waals surface area contributed by atoms with E-state index >= 15 is 0 Å². The van der Waals surface area contributed by atoms with Crippen LogP contribution in [0.15, 0.2) is 18.2 Å². The number of amides is 1. The van der Waals surface area contributed by atoms with E-state index in [1.54, 1.807) is 6.92 Å². The first-order valence-electron chi connectivity index (χ1n) is 6.21. The molecule has 0 spiro atoms. The number of hydrogen-bond acceptors (Lipinski definition) is 6. The molecule has 1 aliphatic rings. The molecule has 8 heteroatoms. The van der Waals surface area contributed by atoms with Crippen molar-refractivity contribution >= 4 is 29.0 Å². The predicted octanol–water partition coefficient (Wildman–Crippen LogP) is 1.08. The van der Waals surface area contributed by atoms with Crippen molar-refractivity contribution in [1.82, 2.24) is 0 Å². The van der Waals surface area contributed by atoms with Gasteiger partial charge in [0, 0.05) is 12.1 Å². The molecule has 21 heavy (non-hydrogen) atoms. The molecule has 0 radical (unpaired) electrons. The first kappa shape index (κ1) is 14.6. The number of carbonyl (C=O) groups is 3. The van der Waals surface area contributed by atoms with Crippen LogP contribution >= 0.6 is 0 Å². The standard InChI is InChI=1S/C13H12N2O6/c1-3-21-13(18)7(2)14-10-5-4-8(15(19)20)6-9(10)11(16)12(14)17/h4-7H,3H2,1-2H3. The Hall–Kier alpha value is -2.77. The van der Waals surface area contributed by atoms with E-state index in [1.165, 1.54) is 19.1 Å². The number of benzene rings is 1. The van der Waals surface area contributed by atoms with Gasteiger partial charge in [-0.25, -0.2) is 4.79 Å². The number of nitro groups is 1. The maximum absolute atomic E-state index is 12.0. The van der Waals surface area contributed by atoms with E-state index in [1.807, 2.05) is 0 Å². The lowest BCUT2D eigenvalue weighted by atomic mass is 10.1. The zero-order chi connectivity index (χ0) is 15.7. The number of nitrogens with zero attached hydrogens (tertiary/aromatic N) is 2. The Morgan fingerprint density at radius 3 is 2.67 bits per heavy atom. The molecule has 0 saturated carbocycles. The molecule has 1 atom stereocenters. The molecule has 0 aromatic heterocycles. The van der Waals surface area contributed by atoms with Crippen LogP contribution in [0.2, 0.25) is 0 Å². The highest BCUT2D eigenvalue weighted by Crippen LogP contribution is 2.33. The van der Waals surface area contributed by atoms with E-state index in [2.05, 4.69) is 0 Å². The minimum atomic E-state index is -0.982. The number of hydrogen-bond donors (Lipinski definition) is 0. The fourth-order valence-corrected chi connectivity index (χ4v) is 2.12. The average molecular weight is 292 g/mol. The Labute approximate surface area is 119 Å². The van der Waals surface area contributed by atoms with Gasteiger partial charge in [0.15, 0.2) is 0 Å². The third-order valence-electron chi connectivity index (χ3n) is 3.12. The van der Waals surface area contributed by atoms with Crippen molar-refractivity contribution in [2.45, 2.75) is 19.9 Å². The van der Waals surface area contributed by atoms with Crippen LogP contribution in [-0.4, -0.2) is 35.2 Å². The van der Waals surface area contributed by atoms with E-state index in [0.29, 0.717) is 0 Å². The molecule has 1 aliphatic heterocycles. The number of nitro benzene ring substituents is 1. The highest BCUT2D eigenvalue weighted by molar-refractivity contribution is 6.52. The molecule has 1 heterocycles. The number of anilines is 1. The van der Waals surface area contributed by atoms with Crippen molar-refractivity contribution in [3.63, 3.8) is 0 Å². The van der Waals surface area contributed by atoms with Gasteiger partial charge < -0.3 is 4.74 Å². The van der Waals surface area contributed by atoms with Gasteiger partial charge in [-0.15, -0.1) is 0 Å². The number of ether oxygens (including phenoxy) is 1. The lowest BCUT2D eigenvalue weighted by molar-refractivity contribution is -0.384. The van der Waals surface area contributed by atoms with Gasteiger partial charge in [0.25, 0.3) is 17.4 Å². The number of carbonyl (C=O) groups excluding carboxylic acids is 3. The van der Waals surface area contributed by atoms with Gasteiger partial charge in [-0.05, 0) is 19.9 Å². The fourth-order valence-electron chi connectivity index (χ4n) is 2.12. The molecule has 1 unspecified atom stereocenters. The van der Waals surface area contributed by atoms with Crippen molar-refractivity contribution in [2.75, 3.05) is 11.5 Å². The van der Waals surface area contributed by atoms with Crippen LogP contribution in [0.25, 0.3) is 0 Å². The highest BCUT2D eigenvalue weighted by atomic mass is 16.6. The molecule has 1 aromatic carbocycles. The average Bonchev–Trinajstić information content (AvgIpc) is 2.70. The number of fused-ring (bicyclic) bond motifs is 1. The zero-order valence-corrected chi connectivity index (χ0v) is 11.4. The van der Waals surface area contributed by atoms with Gasteiger partial charge in [-0.2, -0.15) is 0 Å². The van der Waals surface area contributed by atoms with Gasteiger partial charge in [0.2, 0.25) is 0 Å². The summed E-state index contributed by atoms with van der Waals surface area (Å²) in [6.45, 7) is 3.20. The summed E-state index contributed by atoms with van der Waals surface area (Å²) in [5.74, 6) is -2.42. The van der Waals surface area contributed by atoms with E-state index < -0.39 is 28.6 Å². The second-order valence-corrected chi connectivity index (χ2v) is 4.39. The molecular weight excluding hydrogens is 280 g/mol. The molecule has 1 aromatic rings. The Morgan fingerprint density at radius 1 is 1.43 bits per heavy atom. The fraction of sp³-hybridized carbons (Fsp3) is 0.308. The summed E-state index contributed by atoms with van der Waals surface area (Å²) in [4.78, 5) is 46.7. The highest BCUT2D eigenvalue weighted by Gasteiger charge is 2.42. The van der Waals surface area contributed by atoms with E-state index in [9.17, 15) is 24.5 Å². The Morgan fingerprint density at radius 2 is 2.10 bits per heavy atom. The molecule has 0 aliphatic carbocycles. The minimum Gasteiger partial charge on any atom is -0.464 e. The quantitative estimate of drug-likeness (QED) is 0.355. The van der Waals surface area contributed by atoms with Crippen LogP contribution in [0, 0.1) is 10.1 Å². The maximum Gasteiger partial charge on any atom is 0.328 e. The van der Waals surface area contributed by atoms with Crippen LogP contribution in [0.3, 0.4) is 0 Å². The van der Waals surface area contributed by atoms with Gasteiger partial charge in [-0.3, -0.25) is 24.6 Å². The molecule has 110 valence electrons. The number of non-ortho nitro benzene ring substituents is 1. The molecule has 8 nitrogen and oxygen atoms in total. The molecule has 2 rings (SSSR count). The second kappa shape index (κ2) is 5.31. The summed E-state index contributed by atoms with van der Waals surface area (Å²) in [7, 11) is 0. The van der Waals surface area contributed by atoms with Crippen molar-refractivity contribution in [3.8, 4) is 0 Å². The predicted molar refractivity (Wildman–Crippen MR) is 71.0 cm³/mol. The molecule has 0 fully saturated rings. The van der Waals surface area contributed by atoms with Gasteiger partial charge >= 0.3 is 5.97 Å². The summed E-state index contributed by atoms with van der Waals surface area (Å²) in [5, 5.41) is 10.7. The largest absolute Gasteiger partial charge is 0.464 e. The van der Waals surface area contributed by atoms with Crippen LogP contribution in [-0.2, 0) is 14.3 Å². The third-order valence-corrected chi connectivity index (χ3v) is 3.12. The Bertz CT molecular complexity index is 654. The molecule has 0 bridgehead atoms. The molecule has 0 N–H and O–H groups in total. The number of rotatable bonds is 4. The zero-order valence-electron chi connectivity index (χ0n) is 11.4. The first-order chi connectivity index (χ1) is 9.88. The van der Waals surface area contributed by atoms with Crippen LogP contribution in [0.1, 0.15) is 24.2 Å². The van der Waals surface area contributed by atoms with Crippen molar-refractivity contribution in [1.29, 1.82) is 0 Å². The summed E-state index contributed by atoms with van der Waals surface area (Å²) in [5.41, 5.74) is -0.193. The van der Waals surface area contributed by atoms with Gasteiger partial charge in [0.1, 0.15) is 6.04 Å². The maximum atomic E-state index is 12.0. The number of esters is 1. The van der Waals surface area contributed by atoms with Gasteiger partial charge in [0.05, 0.1) is 22.8 Å². The Kier molecular flexibility index (Phi) is 3.70. The third kappa shape index (κ3) is 2.35. The summed E-state index contributed by atoms with van der Waals surface area (Å²) in [6.07, 6.45) is 0. The lowest BCUT2D eigenvalue weighted by Crippen LogP contribution is -2.43. The lowest BCUT2D eigenvalue weighted by Gasteiger charge is -2.22. The van der Waals surface area contributed by atoms with Crippen LogP contribution < -0.4 is 4.90 Å². The number of ketones is 1. The number of Topliss-reactive ketones (excluding diaryl/α,β-unsaturated/α-hetero) is 1. The van der Waals surface area contributed by atoms with Gasteiger partial charge in [-0.1, -0.05) is 0 Å². The van der Waals surface area contributed by atoms with Crippen molar-refractivity contribution in [2.24, 2.45) is 0 Å². The SMILES string of the molecule is CCOC(=O)C(C)N1C(=O)C(=O)c2cc([N+](=O)[O-])ccc21. The minimum absolute atomic E-state index is 0.0784. The summed E-state index contributed by atoms with van der Waals surface area (Å²) in [6, 6.07) is 2.51. The monoisotopic (exact) mass is 292 g/mol. The summed E-state index contributed by atoms with van der Waals surface area (Å²) >= 11 is 0. The van der Waals surface area contributed by atoms with Crippen LogP contribution in [0.5, 0.6) is 0 Å². The summed E-state index contributed by atoms with van der Waals surface area (Å²) < 4.78 is 4.82. The Balaban J connectivity index is 2.44. The molecular formula is C13H12N2O6. The van der Waals surface area contributed by atoms with E-state index in [-0.39, 0.29) is 23.5 Å². The smallest absolute Gasteiger partial charge is 0.328 e. The molecule has 0 saturated heterocycles. The normalized spacial score (nSPS) is 14.9. The van der Waals surface area contributed by atoms with Crippen LogP contribution in [0.4, 0.5) is 11.4 Å².